The number of anilines is 1. The van der Waals surface area contributed by atoms with E-state index in [2.05, 4.69) is 28.0 Å². The Morgan fingerprint density at radius 2 is 1.95 bits per heavy atom. The van der Waals surface area contributed by atoms with Crippen molar-refractivity contribution in [2.45, 2.75) is 0 Å². The van der Waals surface area contributed by atoms with Gasteiger partial charge in [0.25, 0.3) is 0 Å². The maximum atomic E-state index is 9.27. The summed E-state index contributed by atoms with van der Waals surface area (Å²) in [6.45, 7) is 6.85. The monoisotopic (exact) mass is 360 g/mol. The predicted octanol–water partition coefficient (Wildman–Crippen LogP) is 3.07. The van der Waals surface area contributed by atoms with Gasteiger partial charge in [-0.25, -0.2) is 0 Å². The molecular formula is C14H17N5OY-2. The van der Waals surface area contributed by atoms with E-state index < -0.39 is 0 Å². The molecule has 1 aliphatic heterocycles. The maximum Gasteiger partial charge on any atom is 0.0991 e. The molecule has 6 nitrogen and oxygen atoms in total. The van der Waals surface area contributed by atoms with Crippen LogP contribution in [0.3, 0.4) is 0 Å². The standard InChI is InChI=1S/C11H12N3.C3H5N2O.Y/c12-9-10-1-3-11(4-2-10)14-7-5-13-6-8-14;1-3(2-4)5-6;/h1-4H,5-8H2;4H,1-2H2;/q2*-1;. The average molecular weight is 360 g/mol. The number of rotatable bonds is 3. The van der Waals surface area contributed by atoms with E-state index in [0.29, 0.717) is 0 Å². The zero-order chi connectivity index (χ0) is 14.8. The van der Waals surface area contributed by atoms with Crippen molar-refractivity contribution >= 4 is 5.69 Å². The first-order valence-electron chi connectivity index (χ1n) is 6.25. The largest absolute Gasteiger partial charge is 0.672 e. The number of piperazine rings is 1. The van der Waals surface area contributed by atoms with Crippen molar-refractivity contribution in [1.29, 1.82) is 5.26 Å². The van der Waals surface area contributed by atoms with Gasteiger partial charge in [0.2, 0.25) is 0 Å². The van der Waals surface area contributed by atoms with Crippen LogP contribution in [0.4, 0.5) is 5.69 Å². The normalized spacial score (nSPS) is 13.0. The number of nitrogens with one attached hydrogen (secondary N) is 1. The van der Waals surface area contributed by atoms with E-state index in [1.54, 1.807) is 0 Å². The Morgan fingerprint density at radius 1 is 1.38 bits per heavy atom. The van der Waals surface area contributed by atoms with Crippen LogP contribution < -0.4 is 4.90 Å². The first kappa shape index (κ1) is 19.9. The van der Waals surface area contributed by atoms with Crippen LogP contribution in [0.15, 0.2) is 41.7 Å². The third kappa shape index (κ3) is 7.44. The molecule has 0 saturated carbocycles. The predicted molar refractivity (Wildman–Crippen MR) is 80.6 cm³/mol. The van der Waals surface area contributed by atoms with E-state index in [9.17, 15) is 4.91 Å². The van der Waals surface area contributed by atoms with Crippen molar-refractivity contribution in [3.63, 3.8) is 0 Å². The number of nitrogens with zero attached hydrogens (tertiary/aromatic N) is 4. The van der Waals surface area contributed by atoms with Gasteiger partial charge in [-0.05, 0) is 42.5 Å². The van der Waals surface area contributed by atoms with Crippen LogP contribution in [-0.4, -0.2) is 32.7 Å². The molecule has 1 saturated heterocycles. The average Bonchev–Trinajstić information content (AvgIpc) is 2.55. The molecule has 0 spiro atoms. The molecule has 1 heterocycles. The van der Waals surface area contributed by atoms with Gasteiger partial charge in [-0.15, -0.1) is 24.5 Å². The Labute approximate surface area is 150 Å². The molecule has 1 aromatic rings. The smallest absolute Gasteiger partial charge is 0.0991 e. The van der Waals surface area contributed by atoms with Crippen LogP contribution in [0.1, 0.15) is 5.56 Å². The summed E-state index contributed by atoms with van der Waals surface area (Å²) >= 11 is 0. The Morgan fingerprint density at radius 3 is 2.33 bits per heavy atom. The van der Waals surface area contributed by atoms with E-state index in [4.69, 9.17) is 11.0 Å². The number of hydrogen-bond acceptors (Lipinski definition) is 4. The van der Waals surface area contributed by atoms with Crippen LogP contribution in [0.2, 0.25) is 0 Å². The van der Waals surface area contributed by atoms with Crippen molar-refractivity contribution in [3.8, 4) is 6.07 Å². The SMILES string of the molecule is C=C(C[NH-])N=O.N#Cc1ccc(N2CC[N-]CC2)cc1.[Y]. The van der Waals surface area contributed by atoms with Gasteiger partial charge >= 0.3 is 0 Å². The van der Waals surface area contributed by atoms with E-state index in [-0.39, 0.29) is 45.0 Å². The van der Waals surface area contributed by atoms with Crippen LogP contribution in [0.25, 0.3) is 11.1 Å². The molecule has 0 aliphatic carbocycles. The van der Waals surface area contributed by atoms with Gasteiger partial charge in [0.15, 0.2) is 0 Å². The van der Waals surface area contributed by atoms with Crippen LogP contribution >= 0.6 is 0 Å². The first-order chi connectivity index (χ1) is 9.71. The topological polar surface area (TPSA) is 94.4 Å². The molecule has 1 aliphatic rings. The van der Waals surface area contributed by atoms with E-state index in [1.165, 1.54) is 5.69 Å². The van der Waals surface area contributed by atoms with Crippen molar-refractivity contribution in [2.24, 2.45) is 5.18 Å². The molecule has 2 rings (SSSR count). The minimum absolute atomic E-state index is 0. The van der Waals surface area contributed by atoms with Gasteiger partial charge in [0.05, 0.1) is 17.3 Å². The van der Waals surface area contributed by atoms with Crippen molar-refractivity contribution in [2.75, 3.05) is 37.6 Å². The Balaban J connectivity index is 0.000000495. The molecule has 1 fully saturated rings. The first-order valence-corrected chi connectivity index (χ1v) is 6.25. The molecule has 0 bridgehead atoms. The van der Waals surface area contributed by atoms with Gasteiger partial charge in [0, 0.05) is 38.4 Å². The third-order valence-corrected chi connectivity index (χ3v) is 2.75. The molecular weight excluding hydrogens is 343 g/mol. The summed E-state index contributed by atoms with van der Waals surface area (Å²) in [5, 5.41) is 15.3. The fraction of sp³-hybridized carbons (Fsp3) is 0.357. The van der Waals surface area contributed by atoms with Gasteiger partial charge in [-0.1, -0.05) is 6.58 Å². The fourth-order valence-electron chi connectivity index (χ4n) is 1.64. The summed E-state index contributed by atoms with van der Waals surface area (Å²) in [5.41, 5.74) is 8.41. The Kier molecular flexibility index (Phi) is 10.9. The molecule has 1 N–H and O–H groups in total. The van der Waals surface area contributed by atoms with Crippen LogP contribution in [0.5, 0.6) is 0 Å². The molecule has 0 atom stereocenters. The minimum atomic E-state index is -0.0938. The zero-order valence-corrected chi connectivity index (χ0v) is 14.7. The number of nitroso groups, excluding NO2 is 1. The molecule has 0 unspecified atom stereocenters. The second-order valence-electron chi connectivity index (χ2n) is 4.15. The quantitative estimate of drug-likeness (QED) is 0.775. The van der Waals surface area contributed by atoms with Gasteiger partial charge in [-0.2, -0.15) is 5.26 Å². The molecule has 7 heteroatoms. The molecule has 109 valence electrons. The van der Waals surface area contributed by atoms with Crippen LogP contribution in [-0.2, 0) is 32.7 Å². The number of nitriles is 1. The Bertz CT molecular complexity index is 477. The molecule has 0 aromatic heterocycles. The Hall–Kier alpha value is -1.13. The minimum Gasteiger partial charge on any atom is -0.672 e. The van der Waals surface area contributed by atoms with E-state index >= 15 is 0 Å². The summed E-state index contributed by atoms with van der Waals surface area (Å²) in [6, 6.07) is 9.85. The van der Waals surface area contributed by atoms with Gasteiger partial charge in [0.1, 0.15) is 0 Å². The molecule has 0 amide bonds. The summed E-state index contributed by atoms with van der Waals surface area (Å²) < 4.78 is 0. The number of benzene rings is 1. The molecule has 21 heavy (non-hydrogen) atoms. The second-order valence-corrected chi connectivity index (χ2v) is 4.15. The van der Waals surface area contributed by atoms with Crippen molar-refractivity contribution in [3.05, 3.63) is 58.1 Å². The third-order valence-electron chi connectivity index (χ3n) is 2.75. The maximum absolute atomic E-state index is 9.27. The summed E-state index contributed by atoms with van der Waals surface area (Å²) in [4.78, 5) is 11.6. The second kappa shape index (κ2) is 11.5. The van der Waals surface area contributed by atoms with Gasteiger partial charge in [-0.3, -0.25) is 0 Å². The van der Waals surface area contributed by atoms with Crippen LogP contribution in [0, 0.1) is 16.2 Å². The summed E-state index contributed by atoms with van der Waals surface area (Å²) in [7, 11) is 0. The van der Waals surface area contributed by atoms with E-state index in [1.807, 2.05) is 24.3 Å². The molecule has 1 aromatic carbocycles. The summed E-state index contributed by atoms with van der Waals surface area (Å²) in [6.07, 6.45) is 0. The van der Waals surface area contributed by atoms with Gasteiger partial charge < -0.3 is 16.0 Å². The van der Waals surface area contributed by atoms with Crippen molar-refractivity contribution < 1.29 is 32.7 Å². The summed E-state index contributed by atoms with van der Waals surface area (Å²) in [5.74, 6) is 0. The fourth-order valence-corrected chi connectivity index (χ4v) is 1.64. The molecule has 1 radical (unpaired) electrons. The number of hydrogen-bond donors (Lipinski definition) is 0. The van der Waals surface area contributed by atoms with E-state index in [0.717, 1.165) is 31.7 Å². The zero-order valence-electron chi connectivity index (χ0n) is 11.8. The van der Waals surface area contributed by atoms with Crippen molar-refractivity contribution in [1.82, 2.24) is 0 Å².